The van der Waals surface area contributed by atoms with E-state index < -0.39 is 0 Å². The third-order valence-electron chi connectivity index (χ3n) is 4.51. The fraction of sp³-hybridized carbons (Fsp3) is 0.286. The van der Waals surface area contributed by atoms with Gasteiger partial charge in [0.1, 0.15) is 5.76 Å². The van der Waals surface area contributed by atoms with Gasteiger partial charge in [-0.2, -0.15) is 0 Å². The molecule has 1 aliphatic heterocycles. The van der Waals surface area contributed by atoms with E-state index in [1.807, 2.05) is 48.5 Å². The summed E-state index contributed by atoms with van der Waals surface area (Å²) in [6, 6.07) is 20.2. The lowest BCUT2D eigenvalue weighted by atomic mass is 9.90. The second-order valence-electron chi connectivity index (χ2n) is 6.22. The maximum Gasteiger partial charge on any atom is 0.415 e. The molecule has 0 spiro atoms. The lowest BCUT2D eigenvalue weighted by Crippen LogP contribution is -2.23. The molecule has 2 aromatic rings. The Morgan fingerprint density at radius 1 is 1.08 bits per heavy atom. The summed E-state index contributed by atoms with van der Waals surface area (Å²) < 4.78 is 5.65. The molecule has 124 valence electrons. The summed E-state index contributed by atoms with van der Waals surface area (Å²) in [6.45, 7) is 5.45. The Hall–Kier alpha value is -2.55. The van der Waals surface area contributed by atoms with Gasteiger partial charge in [-0.3, -0.25) is 4.90 Å². The van der Waals surface area contributed by atoms with Crippen LogP contribution in [0, 0.1) is 5.92 Å². The summed E-state index contributed by atoms with van der Waals surface area (Å²) in [5.74, 6) is 1.13. The van der Waals surface area contributed by atoms with E-state index in [0.29, 0.717) is 19.0 Å². The van der Waals surface area contributed by atoms with E-state index in [1.165, 1.54) is 0 Å². The van der Waals surface area contributed by atoms with Crippen molar-refractivity contribution in [2.45, 2.75) is 26.8 Å². The van der Waals surface area contributed by atoms with Gasteiger partial charge in [0.25, 0.3) is 0 Å². The lowest BCUT2D eigenvalue weighted by molar-refractivity contribution is 0.167. The van der Waals surface area contributed by atoms with Crippen molar-refractivity contribution < 1.29 is 9.53 Å². The highest BCUT2D eigenvalue weighted by Gasteiger charge is 2.30. The van der Waals surface area contributed by atoms with E-state index in [2.05, 4.69) is 26.0 Å². The topological polar surface area (TPSA) is 29.5 Å². The minimum atomic E-state index is -0.259. The van der Waals surface area contributed by atoms with Crippen molar-refractivity contribution in [1.29, 1.82) is 0 Å². The molecular formula is C21H23NO2. The minimum absolute atomic E-state index is 0.259. The predicted molar refractivity (Wildman–Crippen MR) is 96.2 cm³/mol. The first-order chi connectivity index (χ1) is 11.7. The number of carbonyl (C=O) groups excluding carboxylic acids is 1. The summed E-state index contributed by atoms with van der Waals surface area (Å²) in [5.41, 5.74) is 3.39. The van der Waals surface area contributed by atoms with Gasteiger partial charge in [-0.15, -0.1) is 0 Å². The maximum absolute atomic E-state index is 12.3. The van der Waals surface area contributed by atoms with Crippen LogP contribution in [-0.4, -0.2) is 17.5 Å². The van der Waals surface area contributed by atoms with Crippen molar-refractivity contribution in [2.75, 3.05) is 6.54 Å². The molecule has 0 aromatic heterocycles. The monoisotopic (exact) mass is 321 g/mol. The molecule has 1 aliphatic rings. The Morgan fingerprint density at radius 2 is 1.71 bits per heavy atom. The SMILES string of the molecule is CCC(C)/C(=C1/CN(Cc2ccccc2)C(=O)O1)c1ccccc1. The van der Waals surface area contributed by atoms with Crippen LogP contribution in [0.25, 0.3) is 5.57 Å². The van der Waals surface area contributed by atoms with E-state index in [1.54, 1.807) is 4.90 Å². The van der Waals surface area contributed by atoms with Crippen LogP contribution >= 0.6 is 0 Å². The molecule has 1 atom stereocenters. The number of hydrogen-bond acceptors (Lipinski definition) is 2. The Labute approximate surface area is 143 Å². The van der Waals surface area contributed by atoms with Crippen LogP contribution in [-0.2, 0) is 11.3 Å². The summed E-state index contributed by atoms with van der Waals surface area (Å²) in [4.78, 5) is 14.1. The number of hydrogen-bond donors (Lipinski definition) is 0. The molecule has 0 bridgehead atoms. The number of allylic oxidation sites excluding steroid dienone is 1. The highest BCUT2D eigenvalue weighted by Crippen LogP contribution is 2.33. The zero-order valence-electron chi connectivity index (χ0n) is 14.2. The van der Waals surface area contributed by atoms with E-state index >= 15 is 0 Å². The smallest absolute Gasteiger partial charge is 0.412 e. The second kappa shape index (κ2) is 7.35. The first-order valence-electron chi connectivity index (χ1n) is 8.48. The van der Waals surface area contributed by atoms with Crippen LogP contribution in [0.1, 0.15) is 31.4 Å². The Morgan fingerprint density at radius 3 is 2.33 bits per heavy atom. The predicted octanol–water partition coefficient (Wildman–Crippen LogP) is 5.10. The summed E-state index contributed by atoms with van der Waals surface area (Å²) in [5, 5.41) is 0. The standard InChI is InChI=1S/C21H23NO2/c1-3-16(2)20(18-12-8-5-9-13-18)19-15-22(21(23)24-19)14-17-10-6-4-7-11-17/h4-13,16H,3,14-15H2,1-2H3/b20-19+. The number of rotatable bonds is 5. The van der Waals surface area contributed by atoms with Gasteiger partial charge in [-0.05, 0) is 23.5 Å². The molecule has 0 aliphatic carbocycles. The van der Waals surface area contributed by atoms with Gasteiger partial charge in [0.05, 0.1) is 6.54 Å². The molecule has 3 nitrogen and oxygen atoms in total. The van der Waals surface area contributed by atoms with Gasteiger partial charge in [0.2, 0.25) is 0 Å². The number of carbonyl (C=O) groups is 1. The third kappa shape index (κ3) is 3.51. The van der Waals surface area contributed by atoms with Crippen molar-refractivity contribution in [3.05, 3.63) is 77.5 Å². The molecule has 1 fully saturated rings. The molecule has 0 radical (unpaired) electrons. The maximum atomic E-state index is 12.3. The molecular weight excluding hydrogens is 298 g/mol. The number of nitrogens with zero attached hydrogens (tertiary/aromatic N) is 1. The number of cyclic esters (lactones) is 1. The van der Waals surface area contributed by atoms with Crippen LogP contribution in [0.2, 0.25) is 0 Å². The van der Waals surface area contributed by atoms with Crippen LogP contribution < -0.4 is 0 Å². The number of amides is 1. The molecule has 1 saturated heterocycles. The van der Waals surface area contributed by atoms with Crippen molar-refractivity contribution in [1.82, 2.24) is 4.90 Å². The van der Waals surface area contributed by atoms with E-state index in [4.69, 9.17) is 4.74 Å². The first-order valence-corrected chi connectivity index (χ1v) is 8.48. The highest BCUT2D eigenvalue weighted by molar-refractivity contribution is 5.78. The molecule has 1 heterocycles. The first kappa shape index (κ1) is 16.3. The van der Waals surface area contributed by atoms with Crippen LogP contribution in [0.4, 0.5) is 4.79 Å². The van der Waals surface area contributed by atoms with Gasteiger partial charge in [0, 0.05) is 12.1 Å². The normalized spacial score (nSPS) is 17.6. The van der Waals surface area contributed by atoms with Crippen LogP contribution in [0.15, 0.2) is 66.4 Å². The lowest BCUT2D eigenvalue weighted by Gasteiger charge is -2.17. The van der Waals surface area contributed by atoms with Crippen LogP contribution in [0.3, 0.4) is 0 Å². The summed E-state index contributed by atoms with van der Waals surface area (Å²) in [6.07, 6.45) is 0.745. The fourth-order valence-electron chi connectivity index (χ4n) is 3.05. The molecule has 3 rings (SSSR count). The van der Waals surface area contributed by atoms with Gasteiger partial charge in [-0.25, -0.2) is 4.79 Å². The Kier molecular flexibility index (Phi) is 4.99. The molecule has 1 amide bonds. The molecule has 1 unspecified atom stereocenters. The highest BCUT2D eigenvalue weighted by atomic mass is 16.6. The summed E-state index contributed by atoms with van der Waals surface area (Å²) >= 11 is 0. The minimum Gasteiger partial charge on any atom is -0.412 e. The molecule has 0 saturated carbocycles. The fourth-order valence-corrected chi connectivity index (χ4v) is 3.05. The third-order valence-corrected chi connectivity index (χ3v) is 4.51. The van der Waals surface area contributed by atoms with Crippen molar-refractivity contribution >= 4 is 11.7 Å². The average molecular weight is 321 g/mol. The zero-order valence-corrected chi connectivity index (χ0v) is 14.2. The Balaban J connectivity index is 1.89. The van der Waals surface area contributed by atoms with Gasteiger partial charge in [0.15, 0.2) is 0 Å². The average Bonchev–Trinajstić information content (AvgIpc) is 2.97. The second-order valence-corrected chi connectivity index (χ2v) is 6.22. The quantitative estimate of drug-likeness (QED) is 0.767. The van der Waals surface area contributed by atoms with E-state index in [0.717, 1.165) is 28.9 Å². The van der Waals surface area contributed by atoms with Crippen molar-refractivity contribution in [3.63, 3.8) is 0 Å². The van der Waals surface area contributed by atoms with Gasteiger partial charge < -0.3 is 4.74 Å². The van der Waals surface area contributed by atoms with E-state index in [-0.39, 0.29) is 6.09 Å². The zero-order chi connectivity index (χ0) is 16.9. The Bertz CT molecular complexity index is 722. The number of ether oxygens (including phenoxy) is 1. The van der Waals surface area contributed by atoms with Gasteiger partial charge >= 0.3 is 6.09 Å². The molecule has 0 N–H and O–H groups in total. The largest absolute Gasteiger partial charge is 0.415 e. The van der Waals surface area contributed by atoms with Gasteiger partial charge in [-0.1, -0.05) is 74.5 Å². The molecule has 3 heteroatoms. The molecule has 2 aromatic carbocycles. The van der Waals surface area contributed by atoms with Crippen molar-refractivity contribution in [2.24, 2.45) is 5.92 Å². The summed E-state index contributed by atoms with van der Waals surface area (Å²) in [7, 11) is 0. The molecule has 24 heavy (non-hydrogen) atoms. The number of benzene rings is 2. The van der Waals surface area contributed by atoms with Crippen LogP contribution in [0.5, 0.6) is 0 Å². The van der Waals surface area contributed by atoms with Crippen molar-refractivity contribution in [3.8, 4) is 0 Å². The van der Waals surface area contributed by atoms with E-state index in [9.17, 15) is 4.79 Å².